The molecule has 5 heteroatoms. The van der Waals surface area contributed by atoms with Gasteiger partial charge in [-0.1, -0.05) is 13.8 Å². The number of nitrogen functional groups attached to an aromatic ring is 1. The fourth-order valence-electron chi connectivity index (χ4n) is 1.57. The first-order valence-electron chi connectivity index (χ1n) is 6.03. The standard InChI is InChI=1S/C14H17N3O2/c1-9(2)12-7-14(17-8-16-12)19-13-6-10(18-3)4-5-11(13)15/h4-9H,15H2,1-3H3. The molecule has 0 amide bonds. The number of anilines is 1. The maximum absolute atomic E-state index is 5.87. The number of hydrogen-bond acceptors (Lipinski definition) is 5. The van der Waals surface area contributed by atoms with E-state index in [0.717, 1.165) is 5.69 Å². The highest BCUT2D eigenvalue weighted by Gasteiger charge is 2.08. The highest BCUT2D eigenvalue weighted by Crippen LogP contribution is 2.30. The number of nitrogens with zero attached hydrogens (tertiary/aromatic N) is 2. The fourth-order valence-corrected chi connectivity index (χ4v) is 1.57. The monoisotopic (exact) mass is 259 g/mol. The second kappa shape index (κ2) is 5.56. The summed E-state index contributed by atoms with van der Waals surface area (Å²) < 4.78 is 10.8. The van der Waals surface area contributed by atoms with Crippen molar-refractivity contribution in [3.63, 3.8) is 0 Å². The Labute approximate surface area is 112 Å². The summed E-state index contributed by atoms with van der Waals surface area (Å²) in [6, 6.07) is 7.05. The molecule has 0 aliphatic rings. The summed E-state index contributed by atoms with van der Waals surface area (Å²) in [5.74, 6) is 1.99. The van der Waals surface area contributed by atoms with E-state index in [9.17, 15) is 0 Å². The first-order valence-corrected chi connectivity index (χ1v) is 6.03. The highest BCUT2D eigenvalue weighted by atomic mass is 16.5. The number of aromatic nitrogens is 2. The van der Waals surface area contributed by atoms with Gasteiger partial charge < -0.3 is 15.2 Å². The highest BCUT2D eigenvalue weighted by molar-refractivity contribution is 5.56. The molecule has 0 atom stereocenters. The molecule has 100 valence electrons. The van der Waals surface area contributed by atoms with Crippen molar-refractivity contribution in [2.45, 2.75) is 19.8 Å². The molecule has 0 saturated heterocycles. The van der Waals surface area contributed by atoms with Crippen molar-refractivity contribution in [3.05, 3.63) is 36.3 Å². The molecular formula is C14H17N3O2. The maximum Gasteiger partial charge on any atom is 0.222 e. The van der Waals surface area contributed by atoms with Crippen LogP contribution in [0.1, 0.15) is 25.5 Å². The van der Waals surface area contributed by atoms with Crippen LogP contribution < -0.4 is 15.2 Å². The number of rotatable bonds is 4. The van der Waals surface area contributed by atoms with E-state index in [1.807, 2.05) is 6.07 Å². The van der Waals surface area contributed by atoms with Gasteiger partial charge in [0.05, 0.1) is 18.5 Å². The Morgan fingerprint density at radius 2 is 1.95 bits per heavy atom. The van der Waals surface area contributed by atoms with Crippen molar-refractivity contribution in [3.8, 4) is 17.4 Å². The predicted octanol–water partition coefficient (Wildman–Crippen LogP) is 2.98. The predicted molar refractivity (Wildman–Crippen MR) is 73.6 cm³/mol. The van der Waals surface area contributed by atoms with Crippen LogP contribution in [0.5, 0.6) is 17.4 Å². The van der Waals surface area contributed by atoms with Crippen molar-refractivity contribution >= 4 is 5.69 Å². The van der Waals surface area contributed by atoms with E-state index in [0.29, 0.717) is 29.0 Å². The van der Waals surface area contributed by atoms with Crippen LogP contribution >= 0.6 is 0 Å². The van der Waals surface area contributed by atoms with Crippen LogP contribution in [0.3, 0.4) is 0 Å². The van der Waals surface area contributed by atoms with Gasteiger partial charge in [-0.15, -0.1) is 0 Å². The van der Waals surface area contributed by atoms with Gasteiger partial charge in [-0.2, -0.15) is 0 Å². The van der Waals surface area contributed by atoms with E-state index in [-0.39, 0.29) is 0 Å². The van der Waals surface area contributed by atoms with E-state index in [1.165, 1.54) is 6.33 Å². The van der Waals surface area contributed by atoms with Crippen LogP contribution in [0.2, 0.25) is 0 Å². The van der Waals surface area contributed by atoms with Gasteiger partial charge in [0.1, 0.15) is 12.1 Å². The molecule has 2 N–H and O–H groups in total. The van der Waals surface area contributed by atoms with Crippen LogP contribution in [-0.4, -0.2) is 17.1 Å². The number of ether oxygens (including phenoxy) is 2. The number of nitrogens with two attached hydrogens (primary N) is 1. The van der Waals surface area contributed by atoms with Gasteiger partial charge >= 0.3 is 0 Å². The average molecular weight is 259 g/mol. The Balaban J connectivity index is 2.28. The summed E-state index contributed by atoms with van der Waals surface area (Å²) in [6.07, 6.45) is 1.49. The second-order valence-corrected chi connectivity index (χ2v) is 4.44. The molecule has 5 nitrogen and oxygen atoms in total. The van der Waals surface area contributed by atoms with Crippen LogP contribution in [0, 0.1) is 0 Å². The van der Waals surface area contributed by atoms with Gasteiger partial charge in [-0.25, -0.2) is 9.97 Å². The smallest absolute Gasteiger partial charge is 0.222 e. The summed E-state index contributed by atoms with van der Waals surface area (Å²) in [6.45, 7) is 4.12. The molecule has 19 heavy (non-hydrogen) atoms. The summed E-state index contributed by atoms with van der Waals surface area (Å²) in [5, 5.41) is 0. The molecule has 0 saturated carbocycles. The lowest BCUT2D eigenvalue weighted by molar-refractivity contribution is 0.407. The van der Waals surface area contributed by atoms with Gasteiger partial charge in [0.2, 0.25) is 5.88 Å². The molecule has 1 aromatic carbocycles. The summed E-state index contributed by atoms with van der Waals surface area (Å²) >= 11 is 0. The Morgan fingerprint density at radius 1 is 1.16 bits per heavy atom. The molecule has 2 aromatic rings. The zero-order chi connectivity index (χ0) is 13.8. The quantitative estimate of drug-likeness (QED) is 0.855. The minimum absolute atomic E-state index is 0.313. The first-order chi connectivity index (χ1) is 9.10. The molecule has 0 bridgehead atoms. The molecule has 0 aliphatic heterocycles. The van der Waals surface area contributed by atoms with Crippen molar-refractivity contribution in [1.82, 2.24) is 9.97 Å². The normalized spacial score (nSPS) is 10.5. The van der Waals surface area contributed by atoms with Crippen molar-refractivity contribution in [1.29, 1.82) is 0 Å². The van der Waals surface area contributed by atoms with Gasteiger partial charge in [0.15, 0.2) is 5.75 Å². The van der Waals surface area contributed by atoms with Gasteiger partial charge in [0.25, 0.3) is 0 Å². The Hall–Kier alpha value is -2.30. The average Bonchev–Trinajstić information content (AvgIpc) is 2.41. The SMILES string of the molecule is COc1ccc(N)c(Oc2cc(C(C)C)ncn2)c1. The van der Waals surface area contributed by atoms with Crippen LogP contribution in [0.4, 0.5) is 5.69 Å². The molecule has 0 radical (unpaired) electrons. The number of benzene rings is 1. The number of hydrogen-bond donors (Lipinski definition) is 1. The van der Waals surface area contributed by atoms with E-state index in [4.69, 9.17) is 15.2 Å². The second-order valence-electron chi connectivity index (χ2n) is 4.44. The summed E-state index contributed by atoms with van der Waals surface area (Å²) in [4.78, 5) is 8.27. The third-order valence-electron chi connectivity index (χ3n) is 2.69. The third-order valence-corrected chi connectivity index (χ3v) is 2.69. The maximum atomic E-state index is 5.87. The molecule has 0 spiro atoms. The first kappa shape index (κ1) is 13.1. The molecule has 0 unspecified atom stereocenters. The minimum Gasteiger partial charge on any atom is -0.497 e. The van der Waals surface area contributed by atoms with Gasteiger partial charge in [0, 0.05) is 12.1 Å². The zero-order valence-electron chi connectivity index (χ0n) is 11.3. The topological polar surface area (TPSA) is 70.3 Å². The number of methoxy groups -OCH3 is 1. The molecule has 2 rings (SSSR count). The molecule has 0 aliphatic carbocycles. The summed E-state index contributed by atoms with van der Waals surface area (Å²) in [7, 11) is 1.59. The fraction of sp³-hybridized carbons (Fsp3) is 0.286. The van der Waals surface area contributed by atoms with Gasteiger partial charge in [-0.05, 0) is 18.1 Å². The van der Waals surface area contributed by atoms with Crippen molar-refractivity contribution in [2.75, 3.05) is 12.8 Å². The van der Waals surface area contributed by atoms with Crippen LogP contribution in [-0.2, 0) is 0 Å². The van der Waals surface area contributed by atoms with Crippen LogP contribution in [0.15, 0.2) is 30.6 Å². The Kier molecular flexibility index (Phi) is 3.85. The van der Waals surface area contributed by atoms with Crippen LogP contribution in [0.25, 0.3) is 0 Å². The van der Waals surface area contributed by atoms with E-state index in [2.05, 4.69) is 23.8 Å². The molecular weight excluding hydrogens is 242 g/mol. The summed E-state index contributed by atoms with van der Waals surface area (Å²) in [5.41, 5.74) is 7.32. The Morgan fingerprint density at radius 3 is 2.63 bits per heavy atom. The van der Waals surface area contributed by atoms with Crippen molar-refractivity contribution in [2.24, 2.45) is 0 Å². The third kappa shape index (κ3) is 3.13. The lowest BCUT2D eigenvalue weighted by Gasteiger charge is -2.10. The lowest BCUT2D eigenvalue weighted by Crippen LogP contribution is -1.98. The van der Waals surface area contributed by atoms with E-state index >= 15 is 0 Å². The molecule has 0 fully saturated rings. The largest absolute Gasteiger partial charge is 0.497 e. The molecule has 1 aromatic heterocycles. The van der Waals surface area contributed by atoms with Crippen molar-refractivity contribution < 1.29 is 9.47 Å². The molecule has 1 heterocycles. The van der Waals surface area contributed by atoms with E-state index in [1.54, 1.807) is 25.3 Å². The zero-order valence-corrected chi connectivity index (χ0v) is 11.3. The Bertz CT molecular complexity index is 570. The minimum atomic E-state index is 0.313. The van der Waals surface area contributed by atoms with Gasteiger partial charge in [-0.3, -0.25) is 0 Å². The van der Waals surface area contributed by atoms with E-state index < -0.39 is 0 Å². The lowest BCUT2D eigenvalue weighted by atomic mass is 10.1.